The molecule has 0 aliphatic rings. The Hall–Kier alpha value is -1.33. The lowest BCUT2D eigenvalue weighted by atomic mass is 10.1. The van der Waals surface area contributed by atoms with E-state index in [1.807, 2.05) is 0 Å². The minimum absolute atomic E-state index is 0. The SMILES string of the molecule is Cc1ncc(CO)c(C(=O)O)c1O.Cl. The minimum atomic E-state index is -1.27. The molecule has 0 unspecified atom stereocenters. The molecule has 0 fully saturated rings. The highest BCUT2D eigenvalue weighted by atomic mass is 35.5. The molecule has 0 saturated heterocycles. The Bertz CT molecular complexity index is 353. The van der Waals surface area contributed by atoms with Crippen molar-refractivity contribution in [1.29, 1.82) is 0 Å². The lowest BCUT2D eigenvalue weighted by molar-refractivity contribution is 0.0689. The van der Waals surface area contributed by atoms with Crippen molar-refractivity contribution in [1.82, 2.24) is 4.98 Å². The molecule has 0 spiro atoms. The molecule has 6 heteroatoms. The molecular weight excluding hydrogens is 210 g/mol. The molecule has 0 saturated carbocycles. The molecule has 0 aliphatic carbocycles. The number of pyridine rings is 1. The van der Waals surface area contributed by atoms with E-state index in [0.29, 0.717) is 0 Å². The number of carboxylic acids is 1. The number of aliphatic hydroxyl groups excluding tert-OH is 1. The van der Waals surface area contributed by atoms with Crippen LogP contribution in [0.5, 0.6) is 5.75 Å². The van der Waals surface area contributed by atoms with E-state index in [9.17, 15) is 9.90 Å². The molecule has 5 nitrogen and oxygen atoms in total. The highest BCUT2D eigenvalue weighted by Crippen LogP contribution is 2.23. The maximum absolute atomic E-state index is 10.7. The van der Waals surface area contributed by atoms with E-state index in [4.69, 9.17) is 10.2 Å². The average Bonchev–Trinajstić information content (AvgIpc) is 2.08. The highest BCUT2D eigenvalue weighted by Gasteiger charge is 2.17. The standard InChI is InChI=1S/C8H9NO4.ClH/c1-4-7(11)6(8(12)13)5(3-10)2-9-4;/h2,10-11H,3H2,1H3,(H,12,13);1H. The molecule has 0 bridgehead atoms. The first-order valence-electron chi connectivity index (χ1n) is 3.59. The van der Waals surface area contributed by atoms with Crippen molar-refractivity contribution in [2.45, 2.75) is 13.5 Å². The van der Waals surface area contributed by atoms with E-state index in [2.05, 4.69) is 4.98 Å². The van der Waals surface area contributed by atoms with Crippen LogP contribution in [0.25, 0.3) is 0 Å². The van der Waals surface area contributed by atoms with Crippen molar-refractivity contribution in [2.75, 3.05) is 0 Å². The number of carboxylic acid groups (broad SMARTS) is 1. The third-order valence-electron chi connectivity index (χ3n) is 1.70. The van der Waals surface area contributed by atoms with Gasteiger partial charge in [-0.15, -0.1) is 12.4 Å². The van der Waals surface area contributed by atoms with Gasteiger partial charge in [-0.1, -0.05) is 0 Å². The number of aromatic hydroxyl groups is 1. The van der Waals surface area contributed by atoms with Crippen LogP contribution >= 0.6 is 12.4 Å². The number of rotatable bonds is 2. The molecule has 1 rings (SSSR count). The number of aliphatic hydroxyl groups is 1. The Morgan fingerprint density at radius 3 is 2.57 bits per heavy atom. The largest absolute Gasteiger partial charge is 0.505 e. The number of aromatic carboxylic acids is 1. The predicted molar refractivity (Wildman–Crippen MR) is 50.8 cm³/mol. The summed E-state index contributed by atoms with van der Waals surface area (Å²) in [5.74, 6) is -1.66. The van der Waals surface area contributed by atoms with E-state index < -0.39 is 12.6 Å². The first-order valence-corrected chi connectivity index (χ1v) is 3.59. The monoisotopic (exact) mass is 219 g/mol. The average molecular weight is 220 g/mol. The summed E-state index contributed by atoms with van der Waals surface area (Å²) < 4.78 is 0. The Balaban J connectivity index is 0.00000169. The number of aromatic nitrogens is 1. The lowest BCUT2D eigenvalue weighted by Gasteiger charge is -2.06. The van der Waals surface area contributed by atoms with E-state index in [0.717, 1.165) is 0 Å². The quantitative estimate of drug-likeness (QED) is 0.682. The molecule has 1 aromatic heterocycles. The van der Waals surface area contributed by atoms with Gasteiger partial charge in [-0.3, -0.25) is 4.98 Å². The van der Waals surface area contributed by atoms with E-state index >= 15 is 0 Å². The molecule has 1 heterocycles. The summed E-state index contributed by atoms with van der Waals surface area (Å²) in [6, 6.07) is 0. The number of aryl methyl sites for hydroxylation is 1. The summed E-state index contributed by atoms with van der Waals surface area (Å²) in [4.78, 5) is 14.4. The molecule has 14 heavy (non-hydrogen) atoms. The summed E-state index contributed by atoms with van der Waals surface area (Å²) in [6.45, 7) is 1.03. The summed E-state index contributed by atoms with van der Waals surface area (Å²) in [6.07, 6.45) is 1.23. The second kappa shape index (κ2) is 4.78. The van der Waals surface area contributed by atoms with Gasteiger partial charge in [0.2, 0.25) is 0 Å². The second-order valence-corrected chi connectivity index (χ2v) is 2.56. The lowest BCUT2D eigenvalue weighted by Crippen LogP contribution is -2.05. The third-order valence-corrected chi connectivity index (χ3v) is 1.70. The van der Waals surface area contributed by atoms with Crippen LogP contribution in [0.3, 0.4) is 0 Å². The Morgan fingerprint density at radius 2 is 2.14 bits per heavy atom. The first-order chi connectivity index (χ1) is 6.07. The molecule has 3 N–H and O–H groups in total. The van der Waals surface area contributed by atoms with Crippen LogP contribution in [0.15, 0.2) is 6.20 Å². The van der Waals surface area contributed by atoms with Crippen LogP contribution in [0.1, 0.15) is 21.6 Å². The molecular formula is C8H10ClNO4. The van der Waals surface area contributed by atoms with Crippen LogP contribution < -0.4 is 0 Å². The Morgan fingerprint density at radius 1 is 1.57 bits per heavy atom. The maximum atomic E-state index is 10.7. The van der Waals surface area contributed by atoms with Crippen LogP contribution in [-0.4, -0.2) is 26.3 Å². The van der Waals surface area contributed by atoms with Crippen LogP contribution in [0, 0.1) is 6.92 Å². The van der Waals surface area contributed by atoms with E-state index in [-0.39, 0.29) is 35.0 Å². The van der Waals surface area contributed by atoms with Gasteiger partial charge in [-0.25, -0.2) is 4.79 Å². The van der Waals surface area contributed by atoms with Crippen LogP contribution in [0.2, 0.25) is 0 Å². The zero-order chi connectivity index (χ0) is 10.0. The number of halogens is 1. The van der Waals surface area contributed by atoms with Crippen molar-refractivity contribution in [3.8, 4) is 5.75 Å². The van der Waals surface area contributed by atoms with Crippen molar-refractivity contribution in [3.63, 3.8) is 0 Å². The summed E-state index contributed by atoms with van der Waals surface area (Å²) in [5.41, 5.74) is 0.0557. The molecule has 0 aliphatic heterocycles. The molecule has 0 radical (unpaired) electrons. The molecule has 1 aromatic rings. The van der Waals surface area contributed by atoms with Gasteiger partial charge in [0.1, 0.15) is 5.56 Å². The molecule has 0 amide bonds. The number of hydrogen-bond acceptors (Lipinski definition) is 4. The molecule has 0 aromatic carbocycles. The summed E-state index contributed by atoms with van der Waals surface area (Å²) in [7, 11) is 0. The van der Waals surface area contributed by atoms with Gasteiger partial charge < -0.3 is 15.3 Å². The second-order valence-electron chi connectivity index (χ2n) is 2.56. The normalized spacial score (nSPS) is 9.29. The summed E-state index contributed by atoms with van der Waals surface area (Å²) >= 11 is 0. The maximum Gasteiger partial charge on any atom is 0.339 e. The summed E-state index contributed by atoms with van der Waals surface area (Å²) in [5, 5.41) is 26.8. The number of nitrogens with zero attached hydrogens (tertiary/aromatic N) is 1. The van der Waals surface area contributed by atoms with Gasteiger partial charge in [-0.2, -0.15) is 0 Å². The van der Waals surface area contributed by atoms with Crippen molar-refractivity contribution >= 4 is 18.4 Å². The number of hydrogen-bond donors (Lipinski definition) is 3. The van der Waals surface area contributed by atoms with Gasteiger partial charge in [-0.05, 0) is 6.92 Å². The van der Waals surface area contributed by atoms with Gasteiger partial charge in [0.25, 0.3) is 0 Å². The molecule has 78 valence electrons. The first kappa shape index (κ1) is 12.7. The van der Waals surface area contributed by atoms with Crippen molar-refractivity contribution in [3.05, 3.63) is 23.0 Å². The van der Waals surface area contributed by atoms with Gasteiger partial charge in [0, 0.05) is 11.8 Å². The zero-order valence-corrected chi connectivity index (χ0v) is 8.21. The van der Waals surface area contributed by atoms with Crippen LogP contribution in [-0.2, 0) is 6.61 Å². The Labute approximate surface area is 86.4 Å². The van der Waals surface area contributed by atoms with Crippen molar-refractivity contribution < 1.29 is 20.1 Å². The van der Waals surface area contributed by atoms with Crippen molar-refractivity contribution in [2.24, 2.45) is 0 Å². The fraction of sp³-hybridized carbons (Fsp3) is 0.250. The van der Waals surface area contributed by atoms with E-state index in [1.54, 1.807) is 0 Å². The Kier molecular flexibility index (Phi) is 4.33. The fourth-order valence-corrected chi connectivity index (χ4v) is 0.992. The smallest absolute Gasteiger partial charge is 0.339 e. The fourth-order valence-electron chi connectivity index (χ4n) is 0.992. The van der Waals surface area contributed by atoms with Crippen LogP contribution in [0.4, 0.5) is 0 Å². The minimum Gasteiger partial charge on any atom is -0.505 e. The molecule has 0 atom stereocenters. The topological polar surface area (TPSA) is 90.7 Å². The third kappa shape index (κ3) is 2.12. The van der Waals surface area contributed by atoms with Gasteiger partial charge >= 0.3 is 5.97 Å². The van der Waals surface area contributed by atoms with Gasteiger partial charge in [0.05, 0.1) is 12.3 Å². The number of carbonyl (C=O) groups is 1. The zero-order valence-electron chi connectivity index (χ0n) is 7.39. The predicted octanol–water partition coefficient (Wildman–Crippen LogP) is 0.708. The van der Waals surface area contributed by atoms with Gasteiger partial charge in [0.15, 0.2) is 5.75 Å². The highest BCUT2D eigenvalue weighted by molar-refractivity contribution is 5.92. The van der Waals surface area contributed by atoms with E-state index in [1.165, 1.54) is 13.1 Å².